The normalized spacial score (nSPS) is 19.4. The highest BCUT2D eigenvalue weighted by atomic mass is 16.2. The lowest BCUT2D eigenvalue weighted by Gasteiger charge is -2.48. The van der Waals surface area contributed by atoms with Gasteiger partial charge in [0.05, 0.1) is 11.3 Å². The average Bonchev–Trinajstić information content (AvgIpc) is 3.12. The number of rotatable bonds is 7. The van der Waals surface area contributed by atoms with Crippen LogP contribution in [0.1, 0.15) is 49.0 Å². The van der Waals surface area contributed by atoms with Gasteiger partial charge in [-0.05, 0) is 50.1 Å². The van der Waals surface area contributed by atoms with Crippen LogP contribution in [0.15, 0.2) is 48.5 Å². The van der Waals surface area contributed by atoms with Crippen molar-refractivity contribution in [3.05, 3.63) is 59.7 Å². The molecule has 0 aromatic heterocycles. The van der Waals surface area contributed by atoms with E-state index in [1.807, 2.05) is 80.2 Å². The molecule has 1 unspecified atom stereocenters. The van der Waals surface area contributed by atoms with Gasteiger partial charge < -0.3 is 14.7 Å². The van der Waals surface area contributed by atoms with Crippen LogP contribution >= 0.6 is 0 Å². The molecule has 1 saturated heterocycles. The fourth-order valence-electron chi connectivity index (χ4n) is 4.90. The van der Waals surface area contributed by atoms with Crippen LogP contribution in [-0.4, -0.2) is 60.4 Å². The first-order valence-electron chi connectivity index (χ1n) is 11.5. The van der Waals surface area contributed by atoms with Crippen LogP contribution in [0.2, 0.25) is 0 Å². The Morgan fingerprint density at radius 2 is 1.76 bits per heavy atom. The minimum absolute atomic E-state index is 0.000295. The van der Waals surface area contributed by atoms with E-state index in [0.717, 1.165) is 11.3 Å². The first-order chi connectivity index (χ1) is 15.8. The number of fused-ring (bicyclic) bond motifs is 3. The molecule has 0 N–H and O–H groups in total. The van der Waals surface area contributed by atoms with Crippen molar-refractivity contribution in [3.8, 4) is 0 Å². The van der Waals surface area contributed by atoms with Crippen molar-refractivity contribution in [2.45, 2.75) is 45.3 Å². The first kappa shape index (κ1) is 22.8. The summed E-state index contributed by atoms with van der Waals surface area (Å²) in [6.07, 6.45) is 1.18. The van der Waals surface area contributed by atoms with Crippen molar-refractivity contribution in [2.75, 3.05) is 37.0 Å². The van der Waals surface area contributed by atoms with Crippen LogP contribution in [0, 0.1) is 0 Å². The van der Waals surface area contributed by atoms with Crippen LogP contribution in [0.5, 0.6) is 0 Å². The maximum absolute atomic E-state index is 13.4. The predicted molar refractivity (Wildman–Crippen MR) is 129 cm³/mol. The fourth-order valence-corrected chi connectivity index (χ4v) is 4.90. The molecule has 2 aliphatic rings. The zero-order chi connectivity index (χ0) is 23.8. The van der Waals surface area contributed by atoms with Gasteiger partial charge in [-0.15, -0.1) is 0 Å². The van der Waals surface area contributed by atoms with Gasteiger partial charge in [0.25, 0.3) is 5.91 Å². The monoisotopic (exact) mass is 448 g/mol. The third-order valence-corrected chi connectivity index (χ3v) is 6.86. The van der Waals surface area contributed by atoms with Crippen LogP contribution < -0.4 is 9.80 Å². The zero-order valence-corrected chi connectivity index (χ0v) is 19.9. The molecule has 0 aliphatic carbocycles. The third kappa shape index (κ3) is 4.08. The number of amides is 3. The van der Waals surface area contributed by atoms with Gasteiger partial charge in [-0.3, -0.25) is 19.3 Å². The number of carbonyl (C=O) groups excluding carboxylic acids is 3. The second kappa shape index (κ2) is 8.89. The Hall–Kier alpha value is -3.35. The molecule has 2 heterocycles. The van der Waals surface area contributed by atoms with Crippen LogP contribution in [0.25, 0.3) is 0 Å². The van der Waals surface area contributed by atoms with E-state index in [1.165, 1.54) is 0 Å². The number of anilines is 2. The summed E-state index contributed by atoms with van der Waals surface area (Å²) in [5.41, 5.74) is 2.64. The number of nitrogens with zero attached hydrogens (tertiary/aromatic N) is 4. The van der Waals surface area contributed by atoms with Gasteiger partial charge in [0.15, 0.2) is 0 Å². The Kier molecular flexibility index (Phi) is 6.15. The van der Waals surface area contributed by atoms with Crippen molar-refractivity contribution in [2.24, 2.45) is 0 Å². The largest absolute Gasteiger partial charge is 0.378 e. The summed E-state index contributed by atoms with van der Waals surface area (Å²) in [5, 5.41) is 0. The summed E-state index contributed by atoms with van der Waals surface area (Å²) in [7, 11) is 3.99. The number of hydrogen-bond donors (Lipinski definition) is 0. The highest BCUT2D eigenvalue weighted by Crippen LogP contribution is 2.44. The molecule has 2 aromatic carbocycles. The molecule has 0 saturated carbocycles. The highest BCUT2D eigenvalue weighted by molar-refractivity contribution is 6.10. The van der Waals surface area contributed by atoms with Crippen molar-refractivity contribution >= 4 is 29.1 Å². The number of benzene rings is 2. The molecule has 0 radical (unpaired) electrons. The quantitative estimate of drug-likeness (QED) is 0.651. The minimum atomic E-state index is -0.734. The number of para-hydroxylation sites is 1. The Labute approximate surface area is 195 Å². The first-order valence-corrected chi connectivity index (χ1v) is 11.5. The minimum Gasteiger partial charge on any atom is -0.378 e. The van der Waals surface area contributed by atoms with Crippen LogP contribution in [0.4, 0.5) is 11.4 Å². The van der Waals surface area contributed by atoms with Gasteiger partial charge in [0, 0.05) is 52.3 Å². The topological polar surface area (TPSA) is 64.2 Å². The lowest BCUT2D eigenvalue weighted by atomic mass is 9.98. The summed E-state index contributed by atoms with van der Waals surface area (Å²) in [5.74, 6) is -0.0976. The van der Waals surface area contributed by atoms with Gasteiger partial charge in [-0.2, -0.15) is 0 Å². The Morgan fingerprint density at radius 1 is 1.06 bits per heavy atom. The van der Waals surface area contributed by atoms with E-state index in [9.17, 15) is 14.4 Å². The maximum Gasteiger partial charge on any atom is 0.257 e. The smallest absolute Gasteiger partial charge is 0.257 e. The van der Waals surface area contributed by atoms with E-state index < -0.39 is 5.66 Å². The SMILES string of the molecule is CCN(Cc1ccc(N(C)C)cc1)C(=O)CCN1C(=O)c2ccccc2N2C(=O)CCC12C. The van der Waals surface area contributed by atoms with Gasteiger partial charge in [-0.1, -0.05) is 24.3 Å². The fraction of sp³-hybridized carbons (Fsp3) is 0.423. The Balaban J connectivity index is 1.48. The summed E-state index contributed by atoms with van der Waals surface area (Å²) in [6.45, 7) is 5.30. The van der Waals surface area contributed by atoms with E-state index in [-0.39, 0.29) is 30.7 Å². The standard InChI is InChI=1S/C26H32N4O3/c1-5-28(18-19-10-12-20(13-11-19)27(3)4)23(31)15-17-29-25(33)21-8-6-7-9-22(21)30-24(32)14-16-26(29,30)2/h6-13H,5,14-18H2,1-4H3. The van der Waals surface area contributed by atoms with Crippen LogP contribution in [0.3, 0.4) is 0 Å². The third-order valence-electron chi connectivity index (χ3n) is 6.86. The van der Waals surface area contributed by atoms with E-state index in [0.29, 0.717) is 37.2 Å². The Morgan fingerprint density at radius 3 is 2.42 bits per heavy atom. The van der Waals surface area contributed by atoms with E-state index in [1.54, 1.807) is 15.9 Å². The molecule has 2 aliphatic heterocycles. The van der Waals surface area contributed by atoms with Crippen molar-refractivity contribution < 1.29 is 14.4 Å². The van der Waals surface area contributed by atoms with E-state index >= 15 is 0 Å². The molecule has 1 fully saturated rings. The average molecular weight is 449 g/mol. The van der Waals surface area contributed by atoms with E-state index in [2.05, 4.69) is 0 Å². The van der Waals surface area contributed by atoms with Crippen molar-refractivity contribution in [1.82, 2.24) is 9.80 Å². The molecule has 0 spiro atoms. The highest BCUT2D eigenvalue weighted by Gasteiger charge is 2.52. The molecule has 2 aromatic rings. The number of carbonyl (C=O) groups is 3. The van der Waals surface area contributed by atoms with Gasteiger partial charge in [0.1, 0.15) is 5.66 Å². The predicted octanol–water partition coefficient (Wildman–Crippen LogP) is 3.49. The molecule has 7 heteroatoms. The molecular formula is C26H32N4O3. The second-order valence-electron chi connectivity index (χ2n) is 9.14. The molecule has 0 bridgehead atoms. The van der Waals surface area contributed by atoms with Crippen molar-refractivity contribution in [1.29, 1.82) is 0 Å². The molecule has 4 rings (SSSR count). The Bertz CT molecular complexity index is 1070. The molecule has 174 valence electrons. The molecule has 3 amide bonds. The van der Waals surface area contributed by atoms with Gasteiger partial charge >= 0.3 is 0 Å². The molecule has 7 nitrogen and oxygen atoms in total. The summed E-state index contributed by atoms with van der Waals surface area (Å²) in [4.78, 5) is 46.5. The van der Waals surface area contributed by atoms with Gasteiger partial charge in [-0.25, -0.2) is 0 Å². The second-order valence-corrected chi connectivity index (χ2v) is 9.14. The maximum atomic E-state index is 13.4. The molecule has 33 heavy (non-hydrogen) atoms. The van der Waals surface area contributed by atoms with E-state index in [4.69, 9.17) is 0 Å². The lowest BCUT2D eigenvalue weighted by molar-refractivity contribution is -0.132. The summed E-state index contributed by atoms with van der Waals surface area (Å²) in [6, 6.07) is 15.4. The van der Waals surface area contributed by atoms with Gasteiger partial charge in [0.2, 0.25) is 11.8 Å². The lowest BCUT2D eigenvalue weighted by Crippen LogP contribution is -2.62. The summed E-state index contributed by atoms with van der Waals surface area (Å²) >= 11 is 0. The molecular weight excluding hydrogens is 416 g/mol. The van der Waals surface area contributed by atoms with Crippen LogP contribution in [-0.2, 0) is 16.1 Å². The molecule has 1 atom stereocenters. The zero-order valence-electron chi connectivity index (χ0n) is 19.9. The summed E-state index contributed by atoms with van der Waals surface area (Å²) < 4.78 is 0. The van der Waals surface area contributed by atoms with Crippen molar-refractivity contribution in [3.63, 3.8) is 0 Å². The number of hydrogen-bond acceptors (Lipinski definition) is 4.